The first-order chi connectivity index (χ1) is 10.5. The van der Waals surface area contributed by atoms with Crippen LogP contribution in [0.4, 0.5) is 0 Å². The van der Waals surface area contributed by atoms with E-state index in [1.165, 1.54) is 39.1 Å². The van der Waals surface area contributed by atoms with E-state index in [2.05, 4.69) is 0 Å². The predicted octanol–water partition coefficient (Wildman–Crippen LogP) is 2.82. The number of ketones is 1. The summed E-state index contributed by atoms with van der Waals surface area (Å²) in [6.07, 6.45) is 0. The number of benzene rings is 1. The number of aliphatic hydroxyl groups is 1. The van der Waals surface area contributed by atoms with Crippen molar-refractivity contribution in [2.75, 3.05) is 12.8 Å². The predicted molar refractivity (Wildman–Crippen MR) is 86.8 cm³/mol. The number of carbonyl (C=O) groups is 1. The summed E-state index contributed by atoms with van der Waals surface area (Å²) in [5.41, 5.74) is -1.36. The molecule has 126 valence electrons. The summed E-state index contributed by atoms with van der Waals surface area (Å²) in [6.45, 7) is 2.84. The molecule has 0 spiro atoms. The molecule has 9 heteroatoms. The van der Waals surface area contributed by atoms with Crippen LogP contribution >= 0.6 is 23.2 Å². The topological polar surface area (TPSA) is 83.9 Å². The Balaban J connectivity index is 2.49. The van der Waals surface area contributed by atoms with Gasteiger partial charge >= 0.3 is 0 Å². The zero-order valence-electron chi connectivity index (χ0n) is 12.6. The molecule has 1 unspecified atom stereocenters. The van der Waals surface area contributed by atoms with Gasteiger partial charge in [0.25, 0.3) is 11.7 Å². The van der Waals surface area contributed by atoms with Gasteiger partial charge in [-0.05, 0) is 26.0 Å². The first-order valence-electron chi connectivity index (χ1n) is 6.63. The van der Waals surface area contributed by atoms with E-state index in [-0.39, 0.29) is 16.3 Å². The van der Waals surface area contributed by atoms with Crippen molar-refractivity contribution in [1.29, 1.82) is 0 Å². The summed E-state index contributed by atoms with van der Waals surface area (Å²) in [4.78, 5) is 12.4. The van der Waals surface area contributed by atoms with E-state index in [1.54, 1.807) is 0 Å². The highest BCUT2D eigenvalue weighted by Crippen LogP contribution is 2.42. The van der Waals surface area contributed by atoms with Crippen molar-refractivity contribution < 1.29 is 23.1 Å². The Labute approximate surface area is 144 Å². The highest BCUT2D eigenvalue weighted by molar-refractivity contribution is 7.89. The fourth-order valence-corrected chi connectivity index (χ4v) is 3.55. The minimum atomic E-state index is -3.70. The molecular weight excluding hydrogens is 365 g/mol. The number of Topliss-reactive ketones (excluding diaryl/α,β-unsaturated/α-hetero) is 1. The quantitative estimate of drug-likeness (QED) is 0.869. The standard InChI is InChI=1S/C14H15Cl2NO5S/c1-4-23(20,21)17(3)13-11(18)12(19)14(2,22-13)9-6-5-8(15)7-10(9)16/h5-7,18H,4H2,1-3H3. The minimum Gasteiger partial charge on any atom is -0.501 e. The number of rotatable bonds is 4. The molecule has 2 rings (SSSR count). The summed E-state index contributed by atoms with van der Waals surface area (Å²) < 4.78 is 30.2. The lowest BCUT2D eigenvalue weighted by Gasteiger charge is -2.27. The molecule has 0 amide bonds. The molecule has 6 nitrogen and oxygen atoms in total. The summed E-state index contributed by atoms with van der Waals surface area (Å²) in [5.74, 6) is -2.19. The van der Waals surface area contributed by atoms with Crippen molar-refractivity contribution in [1.82, 2.24) is 4.31 Å². The fourth-order valence-electron chi connectivity index (χ4n) is 2.20. The van der Waals surface area contributed by atoms with E-state index >= 15 is 0 Å². The van der Waals surface area contributed by atoms with E-state index < -0.39 is 33.0 Å². The number of nitrogens with zero attached hydrogens (tertiary/aromatic N) is 1. The molecule has 1 aromatic rings. The Bertz CT molecular complexity index is 805. The van der Waals surface area contributed by atoms with Gasteiger partial charge in [-0.15, -0.1) is 0 Å². The SMILES string of the molecule is CCS(=O)(=O)N(C)C1=C(O)C(=O)C(C)(c2ccc(Cl)cc2Cl)O1. The molecule has 1 heterocycles. The number of aliphatic hydroxyl groups excluding tert-OH is 1. The number of hydrogen-bond acceptors (Lipinski definition) is 5. The highest BCUT2D eigenvalue weighted by Gasteiger charge is 2.51. The maximum absolute atomic E-state index is 12.4. The second-order valence-electron chi connectivity index (χ2n) is 5.11. The third-order valence-corrected chi connectivity index (χ3v) is 5.94. The molecule has 1 aliphatic heterocycles. The van der Waals surface area contributed by atoms with Crippen LogP contribution < -0.4 is 0 Å². The van der Waals surface area contributed by atoms with E-state index in [9.17, 15) is 18.3 Å². The third-order valence-electron chi connectivity index (χ3n) is 3.66. The van der Waals surface area contributed by atoms with E-state index in [0.29, 0.717) is 5.02 Å². The van der Waals surface area contributed by atoms with Crippen LogP contribution in [0.1, 0.15) is 19.4 Å². The van der Waals surface area contributed by atoms with Gasteiger partial charge < -0.3 is 9.84 Å². The van der Waals surface area contributed by atoms with E-state index in [1.807, 2.05) is 0 Å². The van der Waals surface area contributed by atoms with Crippen LogP contribution in [-0.2, 0) is 25.2 Å². The van der Waals surface area contributed by atoms with Crippen LogP contribution in [0.2, 0.25) is 10.0 Å². The maximum Gasteiger partial charge on any atom is 0.251 e. The van der Waals surface area contributed by atoms with Crippen molar-refractivity contribution >= 4 is 39.0 Å². The van der Waals surface area contributed by atoms with Crippen LogP contribution in [0, 0.1) is 0 Å². The van der Waals surface area contributed by atoms with Crippen molar-refractivity contribution in [3.05, 3.63) is 45.5 Å². The van der Waals surface area contributed by atoms with Gasteiger partial charge in [-0.3, -0.25) is 4.79 Å². The van der Waals surface area contributed by atoms with Gasteiger partial charge in [-0.1, -0.05) is 29.3 Å². The van der Waals surface area contributed by atoms with Gasteiger partial charge in [0.1, 0.15) is 0 Å². The van der Waals surface area contributed by atoms with Crippen molar-refractivity contribution in [3.8, 4) is 0 Å². The normalized spacial score (nSPS) is 21.5. The van der Waals surface area contributed by atoms with E-state index in [4.69, 9.17) is 27.9 Å². The number of ether oxygens (including phenoxy) is 1. The largest absolute Gasteiger partial charge is 0.501 e. The molecule has 0 saturated heterocycles. The van der Waals surface area contributed by atoms with Gasteiger partial charge in [0, 0.05) is 22.7 Å². The van der Waals surface area contributed by atoms with Gasteiger partial charge in [0.15, 0.2) is 0 Å². The molecule has 0 aliphatic carbocycles. The molecule has 0 fully saturated rings. The molecule has 0 radical (unpaired) electrons. The zero-order chi connectivity index (χ0) is 17.6. The van der Waals surface area contributed by atoms with Crippen molar-refractivity contribution in [3.63, 3.8) is 0 Å². The smallest absolute Gasteiger partial charge is 0.251 e. The lowest BCUT2D eigenvalue weighted by Crippen LogP contribution is -2.33. The summed E-state index contributed by atoms with van der Waals surface area (Å²) in [7, 11) is -2.50. The van der Waals surface area contributed by atoms with Crippen LogP contribution in [0.25, 0.3) is 0 Å². The monoisotopic (exact) mass is 379 g/mol. The average molecular weight is 380 g/mol. The molecule has 1 aliphatic rings. The Morgan fingerprint density at radius 1 is 1.35 bits per heavy atom. The first-order valence-corrected chi connectivity index (χ1v) is 9.00. The second-order valence-corrected chi connectivity index (χ2v) is 8.24. The maximum atomic E-state index is 12.4. The van der Waals surface area contributed by atoms with Crippen LogP contribution in [0.3, 0.4) is 0 Å². The minimum absolute atomic E-state index is 0.170. The molecule has 0 bridgehead atoms. The van der Waals surface area contributed by atoms with Gasteiger partial charge in [-0.25, -0.2) is 12.7 Å². The number of hydrogen-bond donors (Lipinski definition) is 1. The Morgan fingerprint density at radius 3 is 2.48 bits per heavy atom. The van der Waals surface area contributed by atoms with Gasteiger partial charge in [0.05, 0.1) is 5.75 Å². The molecule has 1 aromatic carbocycles. The Kier molecular flexibility index (Phi) is 4.58. The number of carbonyl (C=O) groups excluding carboxylic acids is 1. The van der Waals surface area contributed by atoms with Crippen LogP contribution in [0.15, 0.2) is 29.8 Å². The summed E-state index contributed by atoms with van der Waals surface area (Å²) >= 11 is 11.9. The number of halogens is 2. The molecule has 1 N–H and O–H groups in total. The molecule has 0 aromatic heterocycles. The second kappa shape index (κ2) is 5.89. The summed E-state index contributed by atoms with van der Waals surface area (Å²) in [5, 5.41) is 10.6. The molecule has 0 saturated carbocycles. The summed E-state index contributed by atoms with van der Waals surface area (Å²) in [6, 6.07) is 4.45. The van der Waals surface area contributed by atoms with Crippen molar-refractivity contribution in [2.24, 2.45) is 0 Å². The highest BCUT2D eigenvalue weighted by atomic mass is 35.5. The van der Waals surface area contributed by atoms with Crippen LogP contribution in [-0.4, -0.2) is 36.4 Å². The Morgan fingerprint density at radius 2 is 1.96 bits per heavy atom. The Hall–Kier alpha value is -1.44. The first kappa shape index (κ1) is 17.9. The van der Waals surface area contributed by atoms with Crippen LogP contribution in [0.5, 0.6) is 0 Å². The zero-order valence-corrected chi connectivity index (χ0v) is 15.0. The lowest BCUT2D eigenvalue weighted by atomic mass is 9.91. The fraction of sp³-hybridized carbons (Fsp3) is 0.357. The van der Waals surface area contributed by atoms with Gasteiger partial charge in [0.2, 0.25) is 21.4 Å². The van der Waals surface area contributed by atoms with Gasteiger partial charge in [-0.2, -0.15) is 0 Å². The number of sulfonamides is 1. The molecular formula is C14H15Cl2NO5S. The van der Waals surface area contributed by atoms with E-state index in [0.717, 1.165) is 4.31 Å². The lowest BCUT2D eigenvalue weighted by molar-refractivity contribution is -0.132. The molecule has 1 atom stereocenters. The molecule has 23 heavy (non-hydrogen) atoms. The third kappa shape index (κ3) is 2.88. The average Bonchev–Trinajstić information content (AvgIpc) is 2.71. The van der Waals surface area contributed by atoms with Crippen molar-refractivity contribution in [2.45, 2.75) is 19.4 Å².